The minimum absolute atomic E-state index is 0.0800. The molecule has 2 aromatic carbocycles. The molecule has 1 aliphatic carbocycles. The maximum atomic E-state index is 12.2. The summed E-state index contributed by atoms with van der Waals surface area (Å²) < 4.78 is 21.7. The van der Waals surface area contributed by atoms with E-state index in [1.165, 1.54) is 11.8 Å². The van der Waals surface area contributed by atoms with Crippen LogP contribution in [0.5, 0.6) is 11.5 Å². The average Bonchev–Trinajstić information content (AvgIpc) is 3.53. The molecule has 1 aliphatic heterocycles. The van der Waals surface area contributed by atoms with E-state index < -0.39 is 17.6 Å². The van der Waals surface area contributed by atoms with Crippen LogP contribution in [0.2, 0.25) is 10.2 Å². The Morgan fingerprint density at radius 1 is 1.12 bits per heavy atom. The van der Waals surface area contributed by atoms with Crippen molar-refractivity contribution in [3.05, 3.63) is 123 Å². The summed E-state index contributed by atoms with van der Waals surface area (Å²) in [5.74, 6) is 0.000788. The van der Waals surface area contributed by atoms with Crippen molar-refractivity contribution < 1.29 is 24.1 Å². The molecule has 1 fully saturated rings. The van der Waals surface area contributed by atoms with E-state index in [1.54, 1.807) is 35.3 Å². The topological polar surface area (TPSA) is 135 Å². The van der Waals surface area contributed by atoms with Crippen LogP contribution in [0.15, 0.2) is 79.4 Å². The van der Waals surface area contributed by atoms with Crippen molar-refractivity contribution in [2.45, 2.75) is 70.7 Å². The molecule has 3 heterocycles. The second-order valence-corrected chi connectivity index (χ2v) is 15.5. The Hall–Kier alpha value is -4.70. The highest BCUT2D eigenvalue weighted by atomic mass is 35.5. The number of rotatable bonds is 18. The summed E-state index contributed by atoms with van der Waals surface area (Å²) in [6, 6.07) is 15.2. The Morgan fingerprint density at radius 3 is 2.74 bits per heavy atom. The Kier molecular flexibility index (Phi) is 14.4. The van der Waals surface area contributed by atoms with Crippen LogP contribution in [0.3, 0.4) is 0 Å². The number of hydrogen-bond donors (Lipinski definition) is 2. The first-order valence-corrected chi connectivity index (χ1v) is 20.2. The molecule has 2 unspecified atom stereocenters. The minimum Gasteiger partial charge on any atom is -0.489 e. The summed E-state index contributed by atoms with van der Waals surface area (Å²) in [5, 5.41) is 23.9. The number of aromatic nitrogens is 3. The van der Waals surface area contributed by atoms with E-state index >= 15 is 0 Å². The van der Waals surface area contributed by atoms with E-state index in [1.807, 2.05) is 24.1 Å². The number of carbonyl (C=O) groups is 1. The van der Waals surface area contributed by atoms with Crippen molar-refractivity contribution in [2.24, 2.45) is 13.0 Å². The van der Waals surface area contributed by atoms with Gasteiger partial charge in [0.2, 0.25) is 0 Å². The monoisotopic (exact) mass is 812 g/mol. The lowest BCUT2D eigenvalue weighted by molar-refractivity contribution is -0.144. The zero-order valence-electron chi connectivity index (χ0n) is 32.7. The van der Waals surface area contributed by atoms with Crippen molar-refractivity contribution >= 4 is 34.7 Å². The van der Waals surface area contributed by atoms with Gasteiger partial charge in [-0.1, -0.05) is 73.0 Å². The van der Waals surface area contributed by atoms with Crippen molar-refractivity contribution in [1.82, 2.24) is 24.8 Å². The molecule has 2 aromatic heterocycles. The van der Waals surface area contributed by atoms with Gasteiger partial charge in [0.1, 0.15) is 47.6 Å². The van der Waals surface area contributed by atoms with Gasteiger partial charge in [0.05, 0.1) is 22.6 Å². The number of benzene rings is 2. The highest BCUT2D eigenvalue weighted by Crippen LogP contribution is 2.42. The van der Waals surface area contributed by atoms with E-state index in [4.69, 9.17) is 37.4 Å². The molecule has 11 nitrogen and oxygen atoms in total. The number of halogens is 2. The third-order valence-electron chi connectivity index (χ3n) is 10.8. The standard InChI is InChI=1S/C44H50Cl2N6O5/c1-30-10-4-5-11-35(30)36-12-8-15-44(31(36)2,57-19-9-16-48-17-14-38-42(46)51(3)29-50-38)28-56-41-22-40(55-27-33-20-32(23-47)24-49-25-33)34(21-37(41)45)26-52-18-7-6-13-39(52)43(53)54/h4-5,8,10-12,15,20-22,24-25,29,31,39,48H,6-7,9,13-14,16-19,26-28H2,1-3H3,(H,53,54)/t31?,39-,44?/m0/s1. The number of nitriles is 1. The summed E-state index contributed by atoms with van der Waals surface area (Å²) in [6.07, 6.45) is 15.0. The smallest absolute Gasteiger partial charge is 0.320 e. The lowest BCUT2D eigenvalue weighted by Gasteiger charge is -2.40. The SMILES string of the molecule is Cc1ccccc1C1=CC=CC(COc2cc(OCc3cncc(C#N)c3)c(CN3CCCC[C@H]3C(=O)O)cc2Cl)(OCCCNCCc2ncn(C)c2Cl)C1C. The molecule has 0 radical (unpaired) electrons. The second-order valence-electron chi connectivity index (χ2n) is 14.7. The van der Waals surface area contributed by atoms with Crippen LogP contribution < -0.4 is 14.8 Å². The van der Waals surface area contributed by atoms with Gasteiger partial charge in [-0.05, 0) is 74.2 Å². The van der Waals surface area contributed by atoms with Crippen molar-refractivity contribution in [2.75, 3.05) is 32.8 Å². The number of piperidine rings is 1. The number of aryl methyl sites for hydroxylation is 2. The molecule has 57 heavy (non-hydrogen) atoms. The first-order chi connectivity index (χ1) is 27.6. The van der Waals surface area contributed by atoms with Crippen LogP contribution in [-0.4, -0.2) is 75.0 Å². The largest absolute Gasteiger partial charge is 0.489 e. The molecule has 3 atom stereocenters. The molecule has 2 N–H and O–H groups in total. The molecular formula is C44H50Cl2N6O5. The highest BCUT2D eigenvalue weighted by Gasteiger charge is 2.40. The summed E-state index contributed by atoms with van der Waals surface area (Å²) in [4.78, 5) is 22.7. The summed E-state index contributed by atoms with van der Waals surface area (Å²) in [5.41, 5.74) is 5.41. The van der Waals surface area contributed by atoms with Gasteiger partial charge in [-0.3, -0.25) is 14.7 Å². The first-order valence-electron chi connectivity index (χ1n) is 19.4. The number of likely N-dealkylation sites (tertiary alicyclic amines) is 1. The zero-order chi connectivity index (χ0) is 40.4. The number of nitrogens with zero attached hydrogens (tertiary/aromatic N) is 5. The van der Waals surface area contributed by atoms with E-state index in [0.29, 0.717) is 53.4 Å². The molecular weight excluding hydrogens is 763 g/mol. The second kappa shape index (κ2) is 19.6. The van der Waals surface area contributed by atoms with Gasteiger partial charge in [0.15, 0.2) is 0 Å². The Balaban J connectivity index is 1.22. The lowest BCUT2D eigenvalue weighted by Crippen LogP contribution is -2.45. The fraction of sp³-hybridized carbons (Fsp3) is 0.409. The van der Waals surface area contributed by atoms with Crippen molar-refractivity contribution in [3.8, 4) is 17.6 Å². The van der Waals surface area contributed by atoms with Gasteiger partial charge in [0, 0.05) is 68.7 Å². The summed E-state index contributed by atoms with van der Waals surface area (Å²) >= 11 is 13.3. The first kappa shape index (κ1) is 41.9. The number of pyridine rings is 1. The number of nitrogens with one attached hydrogen (secondary N) is 1. The van der Waals surface area contributed by atoms with Crippen LogP contribution in [0.4, 0.5) is 0 Å². The van der Waals surface area contributed by atoms with Crippen molar-refractivity contribution in [1.29, 1.82) is 5.26 Å². The van der Waals surface area contributed by atoms with E-state index in [0.717, 1.165) is 66.7 Å². The summed E-state index contributed by atoms with van der Waals surface area (Å²) in [6.45, 7) is 7.54. The maximum Gasteiger partial charge on any atom is 0.320 e. The van der Waals surface area contributed by atoms with Gasteiger partial charge < -0.3 is 29.2 Å². The lowest BCUT2D eigenvalue weighted by atomic mass is 9.76. The molecule has 300 valence electrons. The van der Waals surface area contributed by atoms with Crippen LogP contribution in [0.25, 0.3) is 5.57 Å². The molecule has 2 aliphatic rings. The Labute approximate surface area is 344 Å². The molecule has 0 bridgehead atoms. The van der Waals surface area contributed by atoms with E-state index in [9.17, 15) is 15.2 Å². The maximum absolute atomic E-state index is 12.2. The predicted octanol–water partition coefficient (Wildman–Crippen LogP) is 7.97. The van der Waals surface area contributed by atoms with Gasteiger partial charge in [-0.2, -0.15) is 5.26 Å². The highest BCUT2D eigenvalue weighted by molar-refractivity contribution is 6.32. The number of carboxylic acid groups (broad SMARTS) is 1. The number of hydrogen-bond acceptors (Lipinski definition) is 9. The van der Waals surface area contributed by atoms with Gasteiger partial charge in [-0.25, -0.2) is 4.98 Å². The number of aliphatic carboxylic acids is 1. The normalized spacial score (nSPS) is 19.5. The predicted molar refractivity (Wildman–Crippen MR) is 221 cm³/mol. The number of ether oxygens (including phenoxy) is 3. The third kappa shape index (κ3) is 10.4. The van der Waals surface area contributed by atoms with Crippen LogP contribution in [-0.2, 0) is 36.2 Å². The molecule has 6 rings (SSSR count). The molecule has 0 spiro atoms. The van der Waals surface area contributed by atoms with Crippen LogP contribution in [0.1, 0.15) is 66.1 Å². The molecule has 0 saturated carbocycles. The Bertz CT molecular complexity index is 2130. The molecule has 1 saturated heterocycles. The van der Waals surface area contributed by atoms with Crippen molar-refractivity contribution in [3.63, 3.8) is 0 Å². The third-order valence-corrected chi connectivity index (χ3v) is 11.6. The van der Waals surface area contributed by atoms with Gasteiger partial charge in [-0.15, -0.1) is 0 Å². The number of carboxylic acids is 1. The molecule has 4 aromatic rings. The Morgan fingerprint density at radius 2 is 1.96 bits per heavy atom. The van der Waals surface area contributed by atoms with Gasteiger partial charge in [0.25, 0.3) is 0 Å². The average molecular weight is 814 g/mol. The quantitative estimate of drug-likeness (QED) is 0.0954. The fourth-order valence-electron chi connectivity index (χ4n) is 7.50. The fourth-order valence-corrected chi connectivity index (χ4v) is 7.93. The van der Waals surface area contributed by atoms with Crippen LogP contribution in [0, 0.1) is 24.2 Å². The molecule has 13 heteroatoms. The summed E-state index contributed by atoms with van der Waals surface area (Å²) in [7, 11) is 1.88. The van der Waals surface area contributed by atoms with E-state index in [-0.39, 0.29) is 19.1 Å². The van der Waals surface area contributed by atoms with Gasteiger partial charge >= 0.3 is 5.97 Å². The minimum atomic E-state index is -0.841. The number of allylic oxidation sites excluding steroid dienone is 2. The molecule has 0 amide bonds. The van der Waals surface area contributed by atoms with Crippen LogP contribution >= 0.6 is 23.2 Å². The van der Waals surface area contributed by atoms with E-state index in [2.05, 4.69) is 65.6 Å². The zero-order valence-corrected chi connectivity index (χ0v) is 34.2. The number of imidazole rings is 1.